The fourth-order valence-corrected chi connectivity index (χ4v) is 2.62. The van der Waals surface area contributed by atoms with E-state index in [1.807, 2.05) is 0 Å². The molecule has 2 N–H and O–H groups in total. The van der Waals surface area contributed by atoms with Crippen molar-refractivity contribution in [3.63, 3.8) is 0 Å². The van der Waals surface area contributed by atoms with Crippen LogP contribution in [0, 0.1) is 12.7 Å². The summed E-state index contributed by atoms with van der Waals surface area (Å²) in [7, 11) is 0. The average Bonchev–Trinajstić information content (AvgIpc) is 2.43. The van der Waals surface area contributed by atoms with Gasteiger partial charge in [0, 0.05) is 20.2 Å². The van der Waals surface area contributed by atoms with Gasteiger partial charge in [0.05, 0.1) is 5.56 Å². The minimum atomic E-state index is -0.503. The van der Waals surface area contributed by atoms with Gasteiger partial charge in [-0.2, -0.15) is 0 Å². The Balaban J connectivity index is 2.17. The molecular formula is C15H12Br2FNO2. The van der Waals surface area contributed by atoms with Crippen LogP contribution in [0.25, 0.3) is 0 Å². The molecule has 2 aromatic rings. The second-order valence-corrected chi connectivity index (χ2v) is 6.25. The van der Waals surface area contributed by atoms with Crippen LogP contribution >= 0.6 is 31.9 Å². The third kappa shape index (κ3) is 3.83. The van der Waals surface area contributed by atoms with E-state index < -0.39 is 5.97 Å². The summed E-state index contributed by atoms with van der Waals surface area (Å²) in [4.78, 5) is 12.1. The normalized spacial score (nSPS) is 10.5. The maximum Gasteiger partial charge on any atom is 0.338 e. The largest absolute Gasteiger partial charge is 0.457 e. The Morgan fingerprint density at radius 2 is 2.00 bits per heavy atom. The molecule has 0 bridgehead atoms. The molecule has 0 radical (unpaired) electrons. The van der Waals surface area contributed by atoms with Crippen molar-refractivity contribution in [2.45, 2.75) is 13.5 Å². The summed E-state index contributed by atoms with van der Waals surface area (Å²) in [6.07, 6.45) is 0. The Morgan fingerprint density at radius 3 is 2.71 bits per heavy atom. The third-order valence-corrected chi connectivity index (χ3v) is 4.23. The fraction of sp³-hybridized carbons (Fsp3) is 0.133. The van der Waals surface area contributed by atoms with Gasteiger partial charge in [0.15, 0.2) is 0 Å². The predicted octanol–water partition coefficient (Wildman–Crippen LogP) is 4.60. The molecule has 0 fully saturated rings. The lowest BCUT2D eigenvalue weighted by molar-refractivity contribution is 0.0470. The summed E-state index contributed by atoms with van der Waals surface area (Å²) in [5.74, 6) is -0.885. The highest BCUT2D eigenvalue weighted by atomic mass is 79.9. The summed E-state index contributed by atoms with van der Waals surface area (Å²) in [6.45, 7) is 1.72. The number of anilines is 1. The molecule has 3 nitrogen and oxygen atoms in total. The highest BCUT2D eigenvalue weighted by Gasteiger charge is 2.14. The van der Waals surface area contributed by atoms with Crippen molar-refractivity contribution in [2.24, 2.45) is 0 Å². The van der Waals surface area contributed by atoms with Crippen molar-refractivity contribution < 1.29 is 13.9 Å². The van der Waals surface area contributed by atoms with Crippen LogP contribution < -0.4 is 5.73 Å². The van der Waals surface area contributed by atoms with Crippen molar-refractivity contribution in [1.29, 1.82) is 0 Å². The molecule has 0 spiro atoms. The summed E-state index contributed by atoms with van der Waals surface area (Å²) >= 11 is 6.58. The molecule has 0 heterocycles. The van der Waals surface area contributed by atoms with E-state index in [0.29, 0.717) is 31.3 Å². The van der Waals surface area contributed by atoms with Crippen LogP contribution in [0.1, 0.15) is 21.5 Å². The Morgan fingerprint density at radius 1 is 1.29 bits per heavy atom. The first-order valence-electron chi connectivity index (χ1n) is 6.05. The van der Waals surface area contributed by atoms with Gasteiger partial charge in [0.25, 0.3) is 0 Å². The van der Waals surface area contributed by atoms with Gasteiger partial charge in [-0.25, -0.2) is 9.18 Å². The molecule has 0 saturated carbocycles. The molecule has 2 aromatic carbocycles. The number of carbonyl (C=O) groups is 1. The number of esters is 1. The standard InChI is InChI=1S/C15H12Br2FNO2/c1-8-12(5-10(16)6-14(8)19)15(20)21-7-9-4-11(18)2-3-13(9)17/h2-6H,7,19H2,1H3. The number of ether oxygens (including phenoxy) is 1. The van der Waals surface area contributed by atoms with Crippen LogP contribution in [0.5, 0.6) is 0 Å². The molecule has 0 atom stereocenters. The van der Waals surface area contributed by atoms with E-state index >= 15 is 0 Å². The van der Waals surface area contributed by atoms with Crippen LogP contribution in [0.2, 0.25) is 0 Å². The number of benzene rings is 2. The van der Waals surface area contributed by atoms with Crippen molar-refractivity contribution in [3.05, 3.63) is 61.8 Å². The van der Waals surface area contributed by atoms with Gasteiger partial charge in [0.2, 0.25) is 0 Å². The zero-order valence-corrected chi connectivity index (χ0v) is 14.3. The number of hydrogen-bond acceptors (Lipinski definition) is 3. The van der Waals surface area contributed by atoms with Gasteiger partial charge in [-0.1, -0.05) is 31.9 Å². The topological polar surface area (TPSA) is 52.3 Å². The minimum Gasteiger partial charge on any atom is -0.457 e. The third-order valence-electron chi connectivity index (χ3n) is 3.00. The maximum atomic E-state index is 13.2. The van der Waals surface area contributed by atoms with Crippen LogP contribution in [-0.4, -0.2) is 5.97 Å². The summed E-state index contributed by atoms with van der Waals surface area (Å²) in [6, 6.07) is 7.58. The Hall–Kier alpha value is -1.40. The summed E-state index contributed by atoms with van der Waals surface area (Å²) < 4.78 is 19.8. The molecule has 0 amide bonds. The lowest BCUT2D eigenvalue weighted by Gasteiger charge is -2.10. The van der Waals surface area contributed by atoms with Crippen molar-refractivity contribution in [2.75, 3.05) is 5.73 Å². The molecule has 0 aliphatic rings. The second kappa shape index (κ2) is 6.58. The Kier molecular flexibility index (Phi) is 5.00. The van der Waals surface area contributed by atoms with Crippen LogP contribution in [0.4, 0.5) is 10.1 Å². The SMILES string of the molecule is Cc1c(N)cc(Br)cc1C(=O)OCc1cc(F)ccc1Br. The van der Waals surface area contributed by atoms with Gasteiger partial charge >= 0.3 is 5.97 Å². The number of nitrogens with two attached hydrogens (primary N) is 1. The van der Waals surface area contributed by atoms with E-state index in [1.165, 1.54) is 12.1 Å². The van der Waals surface area contributed by atoms with Gasteiger partial charge in [0.1, 0.15) is 12.4 Å². The first-order chi connectivity index (χ1) is 9.88. The molecule has 0 aliphatic heterocycles. The molecule has 0 unspecified atom stereocenters. The quantitative estimate of drug-likeness (QED) is 0.587. The lowest BCUT2D eigenvalue weighted by atomic mass is 10.1. The number of carbonyl (C=O) groups excluding carboxylic acids is 1. The van der Waals surface area contributed by atoms with Crippen molar-refractivity contribution in [1.82, 2.24) is 0 Å². The number of rotatable bonds is 3. The molecule has 0 saturated heterocycles. The molecule has 0 aromatic heterocycles. The summed E-state index contributed by atoms with van der Waals surface area (Å²) in [5, 5.41) is 0. The summed E-state index contributed by atoms with van der Waals surface area (Å²) in [5.41, 5.74) is 7.92. The fourth-order valence-electron chi connectivity index (χ4n) is 1.79. The Bertz CT molecular complexity index is 704. The zero-order valence-electron chi connectivity index (χ0n) is 11.1. The van der Waals surface area contributed by atoms with Gasteiger partial charge in [-0.3, -0.25) is 0 Å². The van der Waals surface area contributed by atoms with Gasteiger partial charge in [-0.15, -0.1) is 0 Å². The molecule has 0 aliphatic carbocycles. The van der Waals surface area contributed by atoms with E-state index in [9.17, 15) is 9.18 Å². The number of halogens is 3. The average molecular weight is 417 g/mol. The highest BCUT2D eigenvalue weighted by Crippen LogP contribution is 2.24. The first-order valence-corrected chi connectivity index (χ1v) is 7.63. The predicted molar refractivity (Wildman–Crippen MR) is 86.5 cm³/mol. The minimum absolute atomic E-state index is 0.0248. The van der Waals surface area contributed by atoms with Gasteiger partial charge < -0.3 is 10.5 Å². The van der Waals surface area contributed by atoms with Crippen LogP contribution in [-0.2, 0) is 11.3 Å². The van der Waals surface area contributed by atoms with E-state index in [4.69, 9.17) is 10.5 Å². The van der Waals surface area contributed by atoms with E-state index in [2.05, 4.69) is 31.9 Å². The van der Waals surface area contributed by atoms with E-state index in [1.54, 1.807) is 25.1 Å². The Labute approximate surface area is 138 Å². The number of hydrogen-bond donors (Lipinski definition) is 1. The maximum absolute atomic E-state index is 13.2. The van der Waals surface area contributed by atoms with Crippen LogP contribution in [0.3, 0.4) is 0 Å². The molecular weight excluding hydrogens is 405 g/mol. The second-order valence-electron chi connectivity index (χ2n) is 4.48. The van der Waals surface area contributed by atoms with Crippen molar-refractivity contribution >= 4 is 43.5 Å². The molecule has 6 heteroatoms. The lowest BCUT2D eigenvalue weighted by Crippen LogP contribution is -2.09. The van der Waals surface area contributed by atoms with E-state index in [0.717, 1.165) is 0 Å². The van der Waals surface area contributed by atoms with E-state index in [-0.39, 0.29) is 12.4 Å². The van der Waals surface area contributed by atoms with Crippen molar-refractivity contribution in [3.8, 4) is 0 Å². The highest BCUT2D eigenvalue weighted by molar-refractivity contribution is 9.10. The number of nitrogen functional groups attached to an aromatic ring is 1. The monoisotopic (exact) mass is 415 g/mol. The molecule has 21 heavy (non-hydrogen) atoms. The zero-order chi connectivity index (χ0) is 15.6. The first kappa shape index (κ1) is 16.0. The van der Waals surface area contributed by atoms with Gasteiger partial charge in [-0.05, 0) is 42.8 Å². The molecule has 110 valence electrons. The smallest absolute Gasteiger partial charge is 0.338 e. The molecule has 2 rings (SSSR count). The van der Waals surface area contributed by atoms with Crippen LogP contribution in [0.15, 0.2) is 39.3 Å².